The quantitative estimate of drug-likeness (QED) is 0.796. The minimum atomic E-state index is -0.348. The Morgan fingerprint density at radius 3 is 2.82 bits per heavy atom. The fourth-order valence-electron chi connectivity index (χ4n) is 1.29. The number of nitrogen functional groups attached to an aromatic ring is 1. The molecule has 1 aromatic carbocycles. The summed E-state index contributed by atoms with van der Waals surface area (Å²) >= 11 is 5.75. The number of nitrogens with one attached hydrogen (secondary N) is 1. The smallest absolute Gasteiger partial charge is 0.258 e. The Bertz CT molecular complexity index is 544. The van der Waals surface area contributed by atoms with Crippen molar-refractivity contribution in [3.63, 3.8) is 0 Å². The van der Waals surface area contributed by atoms with E-state index in [1.165, 1.54) is 12.3 Å². The van der Waals surface area contributed by atoms with E-state index in [4.69, 9.17) is 17.3 Å². The van der Waals surface area contributed by atoms with Crippen molar-refractivity contribution in [2.75, 3.05) is 11.1 Å². The van der Waals surface area contributed by atoms with Gasteiger partial charge in [0.1, 0.15) is 0 Å². The predicted octanol–water partition coefficient (Wildman–Crippen LogP) is 1.96. The van der Waals surface area contributed by atoms with E-state index in [-0.39, 0.29) is 5.91 Å². The van der Waals surface area contributed by atoms with E-state index in [0.29, 0.717) is 22.1 Å². The van der Waals surface area contributed by atoms with Gasteiger partial charge in [0, 0.05) is 16.9 Å². The lowest BCUT2D eigenvalue weighted by Gasteiger charge is -2.06. The zero-order valence-corrected chi connectivity index (χ0v) is 9.48. The van der Waals surface area contributed by atoms with Crippen LogP contribution in [0.1, 0.15) is 10.4 Å². The van der Waals surface area contributed by atoms with Crippen molar-refractivity contribution in [2.45, 2.75) is 0 Å². The maximum atomic E-state index is 11.8. The Morgan fingerprint density at radius 2 is 2.18 bits per heavy atom. The molecule has 1 heterocycles. The molecule has 6 heteroatoms. The molecular weight excluding hydrogens is 240 g/mol. The van der Waals surface area contributed by atoms with E-state index in [9.17, 15) is 4.79 Å². The molecule has 0 saturated carbocycles. The Kier molecular flexibility index (Phi) is 3.20. The highest BCUT2D eigenvalue weighted by atomic mass is 35.5. The zero-order chi connectivity index (χ0) is 12.3. The lowest BCUT2D eigenvalue weighted by Crippen LogP contribution is -2.15. The number of hydrogen-bond donors (Lipinski definition) is 2. The Hall–Kier alpha value is -2.14. The number of nitrogens with two attached hydrogens (primary N) is 1. The van der Waals surface area contributed by atoms with E-state index in [1.807, 2.05) is 0 Å². The van der Waals surface area contributed by atoms with Crippen LogP contribution in [-0.4, -0.2) is 16.1 Å². The summed E-state index contributed by atoms with van der Waals surface area (Å²) < 4.78 is 0. The summed E-state index contributed by atoms with van der Waals surface area (Å²) in [6.45, 7) is 0. The maximum absolute atomic E-state index is 11.8. The zero-order valence-electron chi connectivity index (χ0n) is 8.72. The first-order valence-corrected chi connectivity index (χ1v) is 5.18. The number of carbonyl (C=O) groups is 1. The fraction of sp³-hybridized carbons (Fsp3) is 0. The summed E-state index contributed by atoms with van der Waals surface area (Å²) in [7, 11) is 0. The van der Waals surface area contributed by atoms with Gasteiger partial charge in [0.05, 0.1) is 5.56 Å². The minimum absolute atomic E-state index is 0.318. The third-order valence-electron chi connectivity index (χ3n) is 2.07. The van der Waals surface area contributed by atoms with Crippen LogP contribution in [0, 0.1) is 0 Å². The molecule has 0 aliphatic carbocycles. The summed E-state index contributed by atoms with van der Waals surface area (Å²) in [4.78, 5) is 11.8. The second-order valence-corrected chi connectivity index (χ2v) is 3.73. The standard InChI is InChI=1S/C11H9ClN4O/c12-7-3-4-8(9(13)6-7)11(17)15-10-2-1-5-14-16-10/h1-6H,13H2,(H,15,16,17). The number of halogens is 1. The van der Waals surface area contributed by atoms with Crippen molar-refractivity contribution in [3.8, 4) is 0 Å². The van der Waals surface area contributed by atoms with Crippen LogP contribution < -0.4 is 11.1 Å². The number of hydrogen-bond acceptors (Lipinski definition) is 4. The predicted molar refractivity (Wildman–Crippen MR) is 65.8 cm³/mol. The fourth-order valence-corrected chi connectivity index (χ4v) is 1.47. The molecule has 0 unspecified atom stereocenters. The van der Waals surface area contributed by atoms with Crippen LogP contribution >= 0.6 is 11.6 Å². The molecule has 0 fully saturated rings. The number of carbonyl (C=O) groups excluding carboxylic acids is 1. The molecule has 1 amide bonds. The van der Waals surface area contributed by atoms with Crippen LogP contribution in [0.25, 0.3) is 0 Å². The molecule has 1 aromatic heterocycles. The second-order valence-electron chi connectivity index (χ2n) is 3.29. The number of nitrogens with zero attached hydrogens (tertiary/aromatic N) is 2. The first kappa shape index (κ1) is 11.3. The summed E-state index contributed by atoms with van der Waals surface area (Å²) in [6.07, 6.45) is 1.52. The molecule has 86 valence electrons. The topological polar surface area (TPSA) is 80.9 Å². The number of aromatic nitrogens is 2. The van der Waals surface area contributed by atoms with Crippen molar-refractivity contribution in [2.24, 2.45) is 0 Å². The minimum Gasteiger partial charge on any atom is -0.398 e. The average molecular weight is 249 g/mol. The molecule has 3 N–H and O–H groups in total. The van der Waals surface area contributed by atoms with Gasteiger partial charge < -0.3 is 11.1 Å². The largest absolute Gasteiger partial charge is 0.398 e. The lowest BCUT2D eigenvalue weighted by atomic mass is 10.1. The molecule has 0 radical (unpaired) electrons. The second kappa shape index (κ2) is 4.80. The molecule has 0 bridgehead atoms. The van der Waals surface area contributed by atoms with Crippen LogP contribution in [0.5, 0.6) is 0 Å². The van der Waals surface area contributed by atoms with Gasteiger partial charge in [0.2, 0.25) is 0 Å². The van der Waals surface area contributed by atoms with Gasteiger partial charge in [-0.1, -0.05) is 11.6 Å². The molecule has 0 aliphatic heterocycles. The van der Waals surface area contributed by atoms with Crippen molar-refractivity contribution < 1.29 is 4.79 Å². The summed E-state index contributed by atoms with van der Waals surface area (Å²) in [5, 5.41) is 10.5. The van der Waals surface area contributed by atoms with Crippen molar-refractivity contribution in [1.82, 2.24) is 10.2 Å². The van der Waals surface area contributed by atoms with E-state index < -0.39 is 0 Å². The highest BCUT2D eigenvalue weighted by Crippen LogP contribution is 2.18. The third kappa shape index (κ3) is 2.70. The molecule has 2 rings (SSSR count). The highest BCUT2D eigenvalue weighted by molar-refractivity contribution is 6.31. The Labute approximate surface area is 103 Å². The average Bonchev–Trinajstić information content (AvgIpc) is 2.30. The van der Waals surface area contributed by atoms with Crippen molar-refractivity contribution in [3.05, 3.63) is 47.1 Å². The van der Waals surface area contributed by atoms with Crippen molar-refractivity contribution >= 4 is 29.0 Å². The van der Waals surface area contributed by atoms with Gasteiger partial charge in [-0.05, 0) is 30.3 Å². The molecule has 0 aliphatic rings. The summed E-state index contributed by atoms with van der Waals surface area (Å²) in [5.74, 6) is 0.0199. The van der Waals surface area contributed by atoms with Crippen molar-refractivity contribution in [1.29, 1.82) is 0 Å². The third-order valence-corrected chi connectivity index (χ3v) is 2.31. The monoisotopic (exact) mass is 248 g/mol. The van der Waals surface area contributed by atoms with Gasteiger partial charge in [-0.15, -0.1) is 5.10 Å². The number of amides is 1. The van der Waals surface area contributed by atoms with Gasteiger partial charge in [-0.3, -0.25) is 4.79 Å². The molecule has 0 spiro atoms. The lowest BCUT2D eigenvalue weighted by molar-refractivity contribution is 0.102. The van der Waals surface area contributed by atoms with Gasteiger partial charge in [-0.2, -0.15) is 5.10 Å². The Morgan fingerprint density at radius 1 is 1.35 bits per heavy atom. The summed E-state index contributed by atoms with van der Waals surface area (Å²) in [5.41, 5.74) is 6.36. The maximum Gasteiger partial charge on any atom is 0.258 e. The Balaban J connectivity index is 2.21. The molecule has 0 saturated heterocycles. The normalized spacial score (nSPS) is 9.94. The van der Waals surface area contributed by atoms with Gasteiger partial charge in [0.25, 0.3) is 5.91 Å². The van der Waals surface area contributed by atoms with Crippen LogP contribution in [0.3, 0.4) is 0 Å². The molecular formula is C11H9ClN4O. The number of benzene rings is 1. The molecule has 5 nitrogen and oxygen atoms in total. The number of rotatable bonds is 2. The first-order chi connectivity index (χ1) is 8.16. The van der Waals surface area contributed by atoms with Gasteiger partial charge in [-0.25, -0.2) is 0 Å². The summed E-state index contributed by atoms with van der Waals surface area (Å²) in [6, 6.07) is 7.99. The van der Waals surface area contributed by atoms with Crippen LogP contribution in [0.15, 0.2) is 36.5 Å². The van der Waals surface area contributed by atoms with E-state index in [0.717, 1.165) is 0 Å². The SMILES string of the molecule is Nc1cc(Cl)ccc1C(=O)Nc1cccnn1. The van der Waals surface area contributed by atoms with E-state index in [1.54, 1.807) is 24.3 Å². The van der Waals surface area contributed by atoms with E-state index in [2.05, 4.69) is 15.5 Å². The van der Waals surface area contributed by atoms with E-state index >= 15 is 0 Å². The molecule has 17 heavy (non-hydrogen) atoms. The molecule has 2 aromatic rings. The highest BCUT2D eigenvalue weighted by Gasteiger charge is 2.10. The van der Waals surface area contributed by atoms with Crippen LogP contribution in [0.2, 0.25) is 5.02 Å². The van der Waals surface area contributed by atoms with Gasteiger partial charge >= 0.3 is 0 Å². The molecule has 0 atom stereocenters. The first-order valence-electron chi connectivity index (χ1n) is 4.81. The van der Waals surface area contributed by atoms with Crippen LogP contribution in [-0.2, 0) is 0 Å². The van der Waals surface area contributed by atoms with Gasteiger partial charge in [0.15, 0.2) is 5.82 Å². The number of anilines is 2. The van der Waals surface area contributed by atoms with Crippen LogP contribution in [0.4, 0.5) is 11.5 Å².